The highest BCUT2D eigenvalue weighted by Crippen LogP contribution is 2.15. The SMILES string of the molecule is CCc1cccc(N(C)C(=O)NCC[N+](C)(C)C)c1. The molecule has 1 rings (SSSR count). The summed E-state index contributed by atoms with van der Waals surface area (Å²) < 4.78 is 0.843. The van der Waals surface area contributed by atoms with Gasteiger partial charge in [0.1, 0.15) is 0 Å². The van der Waals surface area contributed by atoms with Gasteiger partial charge in [-0.15, -0.1) is 0 Å². The van der Waals surface area contributed by atoms with E-state index in [1.165, 1.54) is 5.56 Å². The monoisotopic (exact) mass is 264 g/mol. The van der Waals surface area contributed by atoms with Crippen molar-refractivity contribution in [2.45, 2.75) is 13.3 Å². The number of carbonyl (C=O) groups is 1. The van der Waals surface area contributed by atoms with Gasteiger partial charge in [-0.3, -0.25) is 4.90 Å². The minimum absolute atomic E-state index is 0.0540. The van der Waals surface area contributed by atoms with E-state index in [1.54, 1.807) is 11.9 Å². The van der Waals surface area contributed by atoms with E-state index in [0.29, 0.717) is 6.54 Å². The van der Waals surface area contributed by atoms with E-state index in [9.17, 15) is 4.79 Å². The number of nitrogens with zero attached hydrogens (tertiary/aromatic N) is 2. The Morgan fingerprint density at radius 3 is 2.58 bits per heavy atom. The number of anilines is 1. The van der Waals surface area contributed by atoms with Crippen LogP contribution in [0.15, 0.2) is 24.3 Å². The maximum Gasteiger partial charge on any atom is 0.321 e. The molecule has 0 atom stereocenters. The molecule has 0 aliphatic heterocycles. The van der Waals surface area contributed by atoms with Crippen molar-refractivity contribution >= 4 is 11.7 Å². The maximum absolute atomic E-state index is 12.0. The van der Waals surface area contributed by atoms with Gasteiger partial charge in [0.25, 0.3) is 0 Å². The molecule has 1 N–H and O–H groups in total. The molecule has 19 heavy (non-hydrogen) atoms. The smallest absolute Gasteiger partial charge is 0.321 e. The van der Waals surface area contributed by atoms with Gasteiger partial charge in [0.2, 0.25) is 0 Å². The Morgan fingerprint density at radius 1 is 1.32 bits per heavy atom. The number of urea groups is 1. The lowest BCUT2D eigenvalue weighted by molar-refractivity contribution is -0.869. The van der Waals surface area contributed by atoms with E-state index in [1.807, 2.05) is 12.1 Å². The van der Waals surface area contributed by atoms with Crippen LogP contribution in [-0.2, 0) is 6.42 Å². The number of amides is 2. The van der Waals surface area contributed by atoms with Crippen molar-refractivity contribution in [2.75, 3.05) is 46.2 Å². The van der Waals surface area contributed by atoms with E-state index in [2.05, 4.69) is 45.5 Å². The Hall–Kier alpha value is -1.55. The number of quaternary nitrogens is 1. The third kappa shape index (κ3) is 5.30. The fraction of sp³-hybridized carbons (Fsp3) is 0.533. The van der Waals surface area contributed by atoms with Crippen molar-refractivity contribution in [3.8, 4) is 0 Å². The molecule has 0 unspecified atom stereocenters. The molecule has 106 valence electrons. The second kappa shape index (κ2) is 6.57. The first kappa shape index (κ1) is 15.5. The summed E-state index contributed by atoms with van der Waals surface area (Å²) in [7, 11) is 8.14. The first-order valence-electron chi connectivity index (χ1n) is 6.74. The van der Waals surface area contributed by atoms with Gasteiger partial charge in [0.05, 0.1) is 34.2 Å². The first-order valence-corrected chi connectivity index (χ1v) is 6.74. The van der Waals surface area contributed by atoms with E-state index >= 15 is 0 Å². The summed E-state index contributed by atoms with van der Waals surface area (Å²) in [6.45, 7) is 3.70. The Bertz CT molecular complexity index is 424. The van der Waals surface area contributed by atoms with Crippen molar-refractivity contribution in [1.82, 2.24) is 5.32 Å². The molecule has 4 nitrogen and oxygen atoms in total. The molecule has 0 saturated heterocycles. The van der Waals surface area contributed by atoms with Crippen molar-refractivity contribution in [1.29, 1.82) is 0 Å². The quantitative estimate of drug-likeness (QED) is 0.812. The Morgan fingerprint density at radius 2 is 2.00 bits per heavy atom. The van der Waals surface area contributed by atoms with Gasteiger partial charge in [-0.25, -0.2) is 4.79 Å². The minimum atomic E-state index is -0.0540. The van der Waals surface area contributed by atoms with E-state index in [4.69, 9.17) is 0 Å². The molecular weight excluding hydrogens is 238 g/mol. The second-order valence-electron chi connectivity index (χ2n) is 5.83. The molecule has 0 fully saturated rings. The van der Waals surface area contributed by atoms with Crippen molar-refractivity contribution in [3.05, 3.63) is 29.8 Å². The van der Waals surface area contributed by atoms with E-state index < -0.39 is 0 Å². The number of carbonyl (C=O) groups excluding carboxylic acids is 1. The van der Waals surface area contributed by atoms with Crippen LogP contribution >= 0.6 is 0 Å². The summed E-state index contributed by atoms with van der Waals surface area (Å²) in [6, 6.07) is 8.02. The Balaban J connectivity index is 2.56. The van der Waals surface area contributed by atoms with Crippen LogP contribution in [0.3, 0.4) is 0 Å². The molecule has 0 radical (unpaired) electrons. The van der Waals surface area contributed by atoms with Gasteiger partial charge in [-0.1, -0.05) is 19.1 Å². The minimum Gasteiger partial charge on any atom is -0.332 e. The lowest BCUT2D eigenvalue weighted by Gasteiger charge is -2.25. The average molecular weight is 264 g/mol. The Labute approximate surface area is 116 Å². The molecule has 0 heterocycles. The summed E-state index contributed by atoms with van der Waals surface area (Å²) in [5.41, 5.74) is 2.17. The van der Waals surface area contributed by atoms with E-state index in [-0.39, 0.29) is 6.03 Å². The van der Waals surface area contributed by atoms with Gasteiger partial charge in [-0.05, 0) is 24.1 Å². The summed E-state index contributed by atoms with van der Waals surface area (Å²) in [5, 5.41) is 2.95. The van der Waals surface area contributed by atoms with Crippen molar-refractivity contribution in [2.24, 2.45) is 0 Å². The number of benzene rings is 1. The molecular formula is C15H26N3O+. The number of rotatable bonds is 5. The van der Waals surface area contributed by atoms with Gasteiger partial charge in [0, 0.05) is 12.7 Å². The van der Waals surface area contributed by atoms with Crippen LogP contribution in [0.1, 0.15) is 12.5 Å². The van der Waals surface area contributed by atoms with Gasteiger partial charge in [-0.2, -0.15) is 0 Å². The van der Waals surface area contributed by atoms with Crippen LogP contribution in [0, 0.1) is 0 Å². The molecule has 0 aromatic heterocycles. The lowest BCUT2D eigenvalue weighted by atomic mass is 10.1. The molecule has 0 bridgehead atoms. The predicted octanol–water partition coefficient (Wildman–Crippen LogP) is 2.10. The van der Waals surface area contributed by atoms with Crippen LogP contribution < -0.4 is 10.2 Å². The zero-order valence-corrected chi connectivity index (χ0v) is 12.7. The fourth-order valence-corrected chi connectivity index (χ4v) is 1.72. The summed E-state index contributed by atoms with van der Waals surface area (Å²) >= 11 is 0. The van der Waals surface area contributed by atoms with Gasteiger partial charge >= 0.3 is 6.03 Å². The topological polar surface area (TPSA) is 32.3 Å². The Kier molecular flexibility index (Phi) is 5.36. The maximum atomic E-state index is 12.0. The zero-order chi connectivity index (χ0) is 14.5. The summed E-state index contributed by atoms with van der Waals surface area (Å²) in [5.74, 6) is 0. The molecule has 1 aromatic carbocycles. The first-order chi connectivity index (χ1) is 8.83. The zero-order valence-electron chi connectivity index (χ0n) is 12.7. The number of hydrogen-bond donors (Lipinski definition) is 1. The third-order valence-electron chi connectivity index (χ3n) is 3.07. The lowest BCUT2D eigenvalue weighted by Crippen LogP contribution is -2.45. The van der Waals surface area contributed by atoms with Crippen LogP contribution in [0.25, 0.3) is 0 Å². The van der Waals surface area contributed by atoms with Crippen molar-refractivity contribution in [3.63, 3.8) is 0 Å². The van der Waals surface area contributed by atoms with Crippen LogP contribution in [0.4, 0.5) is 10.5 Å². The van der Waals surface area contributed by atoms with Crippen LogP contribution in [-0.4, -0.2) is 51.8 Å². The van der Waals surface area contributed by atoms with Crippen molar-refractivity contribution < 1.29 is 9.28 Å². The number of nitrogens with one attached hydrogen (secondary N) is 1. The number of likely N-dealkylation sites (N-methyl/N-ethyl adjacent to an activating group) is 1. The molecule has 2 amide bonds. The van der Waals surface area contributed by atoms with Gasteiger partial charge in [0.15, 0.2) is 0 Å². The van der Waals surface area contributed by atoms with Crippen LogP contribution in [0.5, 0.6) is 0 Å². The summed E-state index contributed by atoms with van der Waals surface area (Å²) in [4.78, 5) is 13.7. The number of aryl methyl sites for hydroxylation is 1. The fourth-order valence-electron chi connectivity index (χ4n) is 1.72. The normalized spacial score (nSPS) is 11.2. The third-order valence-corrected chi connectivity index (χ3v) is 3.07. The standard InChI is InChI=1S/C15H25N3O/c1-6-13-8-7-9-14(12-13)17(2)15(19)16-10-11-18(3,4)5/h7-9,12H,6,10-11H2,1-5H3/p+1. The highest BCUT2D eigenvalue weighted by atomic mass is 16.2. The van der Waals surface area contributed by atoms with E-state index in [0.717, 1.165) is 23.1 Å². The predicted molar refractivity (Wildman–Crippen MR) is 80.5 cm³/mol. The molecule has 1 aromatic rings. The second-order valence-corrected chi connectivity index (χ2v) is 5.83. The molecule has 0 aliphatic rings. The van der Waals surface area contributed by atoms with Crippen LogP contribution in [0.2, 0.25) is 0 Å². The molecule has 0 spiro atoms. The summed E-state index contributed by atoms with van der Waals surface area (Å²) in [6.07, 6.45) is 0.977. The largest absolute Gasteiger partial charge is 0.332 e. The van der Waals surface area contributed by atoms with Gasteiger partial charge < -0.3 is 9.80 Å². The molecule has 0 aliphatic carbocycles. The number of hydrogen-bond acceptors (Lipinski definition) is 1. The average Bonchev–Trinajstić information content (AvgIpc) is 2.36. The highest BCUT2D eigenvalue weighted by molar-refractivity contribution is 5.91. The highest BCUT2D eigenvalue weighted by Gasteiger charge is 2.12. The molecule has 4 heteroatoms. The molecule has 0 saturated carbocycles.